The average molecular weight is 344 g/mol. The minimum absolute atomic E-state index is 0.0205. The molecule has 23 heavy (non-hydrogen) atoms. The van der Waals surface area contributed by atoms with Crippen LogP contribution in [0.25, 0.3) is 22.6 Å². The number of amides is 1. The SMILES string of the molecule is Cc1nc(-c2nnc(NC(=O)c3ccc4nsnc4c3)o2)cs1. The Morgan fingerprint density at radius 1 is 1.22 bits per heavy atom. The Labute approximate surface area is 137 Å². The van der Waals surface area contributed by atoms with Gasteiger partial charge in [0.15, 0.2) is 0 Å². The van der Waals surface area contributed by atoms with Crippen molar-refractivity contribution in [1.82, 2.24) is 23.9 Å². The molecule has 0 bridgehead atoms. The summed E-state index contributed by atoms with van der Waals surface area (Å²) in [6.07, 6.45) is 0. The number of rotatable bonds is 3. The second kappa shape index (κ2) is 5.48. The number of hydrogen-bond acceptors (Lipinski definition) is 9. The lowest BCUT2D eigenvalue weighted by Gasteiger charge is -1.99. The summed E-state index contributed by atoms with van der Waals surface area (Å²) in [7, 11) is 0. The summed E-state index contributed by atoms with van der Waals surface area (Å²) < 4.78 is 13.6. The van der Waals surface area contributed by atoms with E-state index in [4.69, 9.17) is 4.42 Å². The molecular formula is C13H8N6O2S2. The molecule has 0 saturated carbocycles. The molecule has 10 heteroatoms. The number of benzene rings is 1. The topological polar surface area (TPSA) is 107 Å². The first kappa shape index (κ1) is 13.9. The normalized spacial score (nSPS) is 11.0. The third-order valence-corrected chi connectivity index (χ3v) is 4.33. The predicted molar refractivity (Wildman–Crippen MR) is 85.5 cm³/mol. The molecule has 3 heterocycles. The zero-order valence-electron chi connectivity index (χ0n) is 11.7. The van der Waals surface area contributed by atoms with Crippen LogP contribution in [0.4, 0.5) is 6.01 Å². The Bertz CT molecular complexity index is 1000. The number of nitrogens with one attached hydrogen (secondary N) is 1. The number of carbonyl (C=O) groups is 1. The van der Waals surface area contributed by atoms with Crippen LogP contribution in [-0.2, 0) is 0 Å². The molecule has 0 aliphatic rings. The number of aromatic nitrogens is 5. The lowest BCUT2D eigenvalue weighted by molar-refractivity contribution is 0.102. The molecule has 114 valence electrons. The van der Waals surface area contributed by atoms with Crippen molar-refractivity contribution in [2.45, 2.75) is 6.92 Å². The molecule has 0 radical (unpaired) electrons. The average Bonchev–Trinajstić information content (AvgIpc) is 3.26. The molecule has 0 unspecified atom stereocenters. The molecule has 0 aliphatic carbocycles. The number of carbonyl (C=O) groups excluding carboxylic acids is 1. The zero-order chi connectivity index (χ0) is 15.8. The molecule has 1 amide bonds. The van der Waals surface area contributed by atoms with Crippen molar-refractivity contribution in [1.29, 1.82) is 0 Å². The van der Waals surface area contributed by atoms with E-state index in [1.54, 1.807) is 18.2 Å². The maximum atomic E-state index is 12.2. The summed E-state index contributed by atoms with van der Waals surface area (Å²) in [5.74, 6) is -0.0895. The Morgan fingerprint density at radius 3 is 2.91 bits per heavy atom. The van der Waals surface area contributed by atoms with Crippen LogP contribution in [0.15, 0.2) is 28.0 Å². The highest BCUT2D eigenvalue weighted by Crippen LogP contribution is 2.22. The van der Waals surface area contributed by atoms with Gasteiger partial charge in [0.25, 0.3) is 11.8 Å². The predicted octanol–water partition coefficient (Wildman–Crippen LogP) is 2.76. The van der Waals surface area contributed by atoms with Crippen LogP contribution < -0.4 is 5.32 Å². The van der Waals surface area contributed by atoms with Crippen molar-refractivity contribution in [3.63, 3.8) is 0 Å². The highest BCUT2D eigenvalue weighted by molar-refractivity contribution is 7.09. The zero-order valence-corrected chi connectivity index (χ0v) is 13.3. The number of anilines is 1. The van der Waals surface area contributed by atoms with Crippen molar-refractivity contribution in [3.05, 3.63) is 34.2 Å². The van der Waals surface area contributed by atoms with Gasteiger partial charge in [-0.25, -0.2) is 4.98 Å². The van der Waals surface area contributed by atoms with Gasteiger partial charge in [-0.05, 0) is 25.1 Å². The van der Waals surface area contributed by atoms with Crippen LogP contribution in [0, 0.1) is 6.92 Å². The minimum atomic E-state index is -0.357. The summed E-state index contributed by atoms with van der Waals surface area (Å²) in [6.45, 7) is 1.89. The van der Waals surface area contributed by atoms with Gasteiger partial charge in [-0.3, -0.25) is 10.1 Å². The maximum Gasteiger partial charge on any atom is 0.322 e. The monoisotopic (exact) mass is 344 g/mol. The second-order valence-corrected chi connectivity index (χ2v) is 6.18. The number of thiazole rings is 1. The fourth-order valence-electron chi connectivity index (χ4n) is 1.93. The van der Waals surface area contributed by atoms with E-state index >= 15 is 0 Å². The molecule has 1 aromatic carbocycles. The van der Waals surface area contributed by atoms with E-state index in [1.807, 2.05) is 12.3 Å². The molecule has 0 saturated heterocycles. The number of hydrogen-bond donors (Lipinski definition) is 1. The third-order valence-electron chi connectivity index (χ3n) is 3.00. The molecule has 8 nitrogen and oxygen atoms in total. The van der Waals surface area contributed by atoms with Crippen LogP contribution in [-0.4, -0.2) is 29.8 Å². The summed E-state index contributed by atoms with van der Waals surface area (Å²) in [5, 5.41) is 13.0. The van der Waals surface area contributed by atoms with Crippen molar-refractivity contribution < 1.29 is 9.21 Å². The van der Waals surface area contributed by atoms with Gasteiger partial charge in [-0.1, -0.05) is 5.10 Å². The molecular weight excluding hydrogens is 336 g/mol. The van der Waals surface area contributed by atoms with Crippen molar-refractivity contribution in [2.24, 2.45) is 0 Å². The van der Waals surface area contributed by atoms with Crippen LogP contribution >= 0.6 is 23.1 Å². The standard InChI is InChI=1S/C13H8N6O2S2/c1-6-14-10(5-22-6)12-16-17-13(21-12)15-11(20)7-2-3-8-9(4-7)19-23-18-8/h2-5H,1H3,(H,15,17,20). The first-order valence-corrected chi connectivity index (χ1v) is 8.10. The second-order valence-electron chi connectivity index (χ2n) is 4.59. The molecule has 4 aromatic rings. The van der Waals surface area contributed by atoms with Crippen molar-refractivity contribution >= 4 is 46.0 Å². The fraction of sp³-hybridized carbons (Fsp3) is 0.0769. The molecule has 4 rings (SSSR count). The van der Waals surface area contributed by atoms with Crippen molar-refractivity contribution in [3.8, 4) is 11.6 Å². The number of aryl methyl sites for hydroxylation is 1. The van der Waals surface area contributed by atoms with Gasteiger partial charge in [0.2, 0.25) is 0 Å². The summed E-state index contributed by atoms with van der Waals surface area (Å²) in [4.78, 5) is 16.5. The van der Waals surface area contributed by atoms with Gasteiger partial charge in [0.1, 0.15) is 16.7 Å². The Kier molecular flexibility index (Phi) is 3.32. The van der Waals surface area contributed by atoms with E-state index in [0.717, 1.165) is 22.3 Å². The maximum absolute atomic E-state index is 12.2. The van der Waals surface area contributed by atoms with Crippen LogP contribution in [0.1, 0.15) is 15.4 Å². The third kappa shape index (κ3) is 2.69. The van der Waals surface area contributed by atoms with E-state index in [-0.39, 0.29) is 17.8 Å². The first-order valence-electron chi connectivity index (χ1n) is 6.49. The molecule has 1 N–H and O–H groups in total. The lowest BCUT2D eigenvalue weighted by Crippen LogP contribution is -2.12. The van der Waals surface area contributed by atoms with Gasteiger partial charge in [0, 0.05) is 10.9 Å². The Hall–Kier alpha value is -2.72. The van der Waals surface area contributed by atoms with Crippen molar-refractivity contribution in [2.75, 3.05) is 5.32 Å². The quantitative estimate of drug-likeness (QED) is 0.609. The first-order chi connectivity index (χ1) is 11.2. The van der Waals surface area contributed by atoms with Gasteiger partial charge >= 0.3 is 6.01 Å². The smallest absolute Gasteiger partial charge is 0.322 e. The van der Waals surface area contributed by atoms with Crippen LogP contribution in [0.2, 0.25) is 0 Å². The van der Waals surface area contributed by atoms with E-state index in [9.17, 15) is 4.79 Å². The molecule has 0 atom stereocenters. The molecule has 0 spiro atoms. The van der Waals surface area contributed by atoms with Gasteiger partial charge < -0.3 is 4.42 Å². The largest absolute Gasteiger partial charge is 0.401 e. The van der Waals surface area contributed by atoms with E-state index in [1.165, 1.54) is 11.3 Å². The number of fused-ring (bicyclic) bond motifs is 1. The molecule has 3 aromatic heterocycles. The lowest BCUT2D eigenvalue weighted by atomic mass is 10.2. The Morgan fingerprint density at radius 2 is 2.09 bits per heavy atom. The van der Waals surface area contributed by atoms with E-state index < -0.39 is 0 Å². The van der Waals surface area contributed by atoms with Gasteiger partial charge in [-0.15, -0.1) is 16.4 Å². The minimum Gasteiger partial charge on any atom is -0.401 e. The van der Waals surface area contributed by atoms with Gasteiger partial charge in [-0.2, -0.15) is 8.75 Å². The van der Waals surface area contributed by atoms with E-state index in [0.29, 0.717) is 16.8 Å². The number of nitrogens with zero attached hydrogens (tertiary/aromatic N) is 5. The highest BCUT2D eigenvalue weighted by atomic mass is 32.1. The van der Waals surface area contributed by atoms with Crippen LogP contribution in [0.5, 0.6) is 0 Å². The van der Waals surface area contributed by atoms with E-state index in [2.05, 4.69) is 29.2 Å². The Balaban J connectivity index is 1.55. The van der Waals surface area contributed by atoms with Gasteiger partial charge in [0.05, 0.1) is 16.7 Å². The highest BCUT2D eigenvalue weighted by Gasteiger charge is 2.15. The molecule has 0 fully saturated rings. The summed E-state index contributed by atoms with van der Waals surface area (Å²) in [5.41, 5.74) is 2.46. The molecule has 0 aliphatic heterocycles. The fourth-order valence-corrected chi connectivity index (χ4v) is 3.04. The summed E-state index contributed by atoms with van der Waals surface area (Å²) in [6, 6.07) is 5.09. The van der Waals surface area contributed by atoms with Crippen LogP contribution in [0.3, 0.4) is 0 Å². The summed E-state index contributed by atoms with van der Waals surface area (Å²) >= 11 is 2.58.